The van der Waals surface area contributed by atoms with Crippen LogP contribution in [0.5, 0.6) is 5.75 Å². The van der Waals surface area contributed by atoms with Gasteiger partial charge in [0.05, 0.1) is 30.6 Å². The molecule has 2 atom stereocenters. The lowest BCUT2D eigenvalue weighted by Crippen LogP contribution is -2.49. The van der Waals surface area contributed by atoms with Gasteiger partial charge in [0.15, 0.2) is 11.2 Å². The predicted molar refractivity (Wildman–Crippen MR) is 211 cm³/mol. The zero-order chi connectivity index (χ0) is 41.9. The number of amides is 4. The summed E-state index contributed by atoms with van der Waals surface area (Å²) >= 11 is 10.9. The highest BCUT2D eigenvalue weighted by molar-refractivity contribution is 7.81. The molecule has 0 radical (unpaired) electrons. The van der Waals surface area contributed by atoms with Gasteiger partial charge in [-0.15, -0.1) is 12.6 Å². The summed E-state index contributed by atoms with van der Waals surface area (Å²) in [5, 5.41) is 28.0. The van der Waals surface area contributed by atoms with Crippen molar-refractivity contribution in [3.8, 4) is 11.8 Å². The van der Waals surface area contributed by atoms with Gasteiger partial charge in [-0.2, -0.15) is 18.4 Å². The zero-order valence-electron chi connectivity index (χ0n) is 31.5. The number of nitrogens with one attached hydrogen (secondary N) is 3. The zero-order valence-corrected chi connectivity index (χ0v) is 33.1. The van der Waals surface area contributed by atoms with Gasteiger partial charge < -0.3 is 25.4 Å². The molecule has 4 N–H and O–H groups in total. The topological polar surface area (TPSA) is 183 Å². The average Bonchev–Trinajstić information content (AvgIpc) is 3.34. The number of aromatic nitrogens is 1. The first kappa shape index (κ1) is 42.5. The highest BCUT2D eigenvalue weighted by Gasteiger charge is 2.52. The second kappa shape index (κ2) is 17.4. The number of nitrogens with zero attached hydrogens (tertiary/aromatic N) is 6. The Morgan fingerprint density at radius 1 is 1.09 bits per heavy atom. The number of thiol groups is 1. The summed E-state index contributed by atoms with van der Waals surface area (Å²) in [6.45, 7) is 6.45. The maximum Gasteiger partial charge on any atom is 0.419 e. The number of hydrogen-bond donors (Lipinski definition) is 5. The van der Waals surface area contributed by atoms with Crippen molar-refractivity contribution in [3.05, 3.63) is 70.5 Å². The van der Waals surface area contributed by atoms with E-state index in [0.717, 1.165) is 11.1 Å². The summed E-state index contributed by atoms with van der Waals surface area (Å²) in [4.78, 5) is 60.7. The van der Waals surface area contributed by atoms with Crippen molar-refractivity contribution in [1.82, 2.24) is 20.1 Å². The molecule has 3 aliphatic heterocycles. The quantitative estimate of drug-likeness (QED) is 0.132. The molecule has 3 fully saturated rings. The molecule has 3 aliphatic rings. The highest BCUT2D eigenvalue weighted by atomic mass is 35.5. The number of halogens is 4. The number of aliphatic hydroxyl groups is 1. The summed E-state index contributed by atoms with van der Waals surface area (Å²) < 4.78 is 47.2. The van der Waals surface area contributed by atoms with Gasteiger partial charge in [-0.25, -0.2) is 4.98 Å². The minimum atomic E-state index is -4.87. The molecule has 0 spiro atoms. The molecule has 15 nitrogen and oxygen atoms in total. The van der Waals surface area contributed by atoms with E-state index < -0.39 is 52.9 Å². The fourth-order valence-electron chi connectivity index (χ4n) is 7.12. The molecule has 1 aromatic heterocycles. The molecule has 308 valence electrons. The van der Waals surface area contributed by atoms with E-state index in [1.807, 2.05) is 4.90 Å². The van der Waals surface area contributed by atoms with Gasteiger partial charge in [0.1, 0.15) is 30.0 Å². The number of benzene rings is 2. The molecular formula is C38H41ClF3N9O6S. The summed E-state index contributed by atoms with van der Waals surface area (Å²) in [7, 11) is 0. The summed E-state index contributed by atoms with van der Waals surface area (Å²) in [6, 6.07) is 11.4. The van der Waals surface area contributed by atoms with Gasteiger partial charge in [-0.05, 0) is 62.7 Å². The molecule has 0 aliphatic carbocycles. The Labute approximate surface area is 342 Å². The molecule has 2 aromatic carbocycles. The van der Waals surface area contributed by atoms with Gasteiger partial charge in [0.25, 0.3) is 5.91 Å². The van der Waals surface area contributed by atoms with E-state index in [4.69, 9.17) is 21.6 Å². The lowest BCUT2D eigenvalue weighted by atomic mass is 10.0. The Bertz CT molecular complexity index is 2130. The van der Waals surface area contributed by atoms with Crippen LogP contribution in [0.4, 0.5) is 35.9 Å². The summed E-state index contributed by atoms with van der Waals surface area (Å²) in [5.74, 6) is -1.09. The number of ether oxygens (including phenoxy) is 1. The van der Waals surface area contributed by atoms with Crippen LogP contribution in [0.25, 0.3) is 0 Å². The van der Waals surface area contributed by atoms with Crippen molar-refractivity contribution in [3.63, 3.8) is 0 Å². The maximum absolute atomic E-state index is 13.7. The van der Waals surface area contributed by atoms with E-state index in [2.05, 4.69) is 38.5 Å². The van der Waals surface area contributed by atoms with Crippen LogP contribution < -0.4 is 30.5 Å². The van der Waals surface area contributed by atoms with E-state index in [0.29, 0.717) is 85.2 Å². The monoisotopic (exact) mass is 843 g/mol. The van der Waals surface area contributed by atoms with Crippen molar-refractivity contribution >= 4 is 70.6 Å². The van der Waals surface area contributed by atoms with Crippen LogP contribution in [0.2, 0.25) is 5.02 Å². The Balaban J connectivity index is 0.999. The number of pyridine rings is 1. The molecule has 3 aromatic rings. The first-order chi connectivity index (χ1) is 27.5. The second-order valence-electron chi connectivity index (χ2n) is 14.5. The fraction of sp³-hybridized carbons (Fsp3) is 0.421. The largest absolute Gasteiger partial charge is 0.492 e. The lowest BCUT2D eigenvalue weighted by molar-refractivity contribution is -0.138. The van der Waals surface area contributed by atoms with Crippen molar-refractivity contribution in [1.29, 1.82) is 5.26 Å². The van der Waals surface area contributed by atoms with Crippen LogP contribution in [-0.2, 0) is 32.0 Å². The molecule has 0 bridgehead atoms. The maximum atomic E-state index is 13.7. The number of nitriles is 1. The molecule has 6 rings (SSSR count). The number of carbonyl (C=O) groups excluding carboxylic acids is 4. The van der Waals surface area contributed by atoms with Crippen LogP contribution in [-0.4, -0.2) is 106 Å². The molecular weight excluding hydrogens is 803 g/mol. The third kappa shape index (κ3) is 9.42. The van der Waals surface area contributed by atoms with Gasteiger partial charge in [-0.3, -0.25) is 39.2 Å². The van der Waals surface area contributed by atoms with Crippen LogP contribution in [0.1, 0.15) is 43.5 Å². The Morgan fingerprint density at radius 2 is 1.79 bits per heavy atom. The van der Waals surface area contributed by atoms with Gasteiger partial charge >= 0.3 is 6.18 Å². The summed E-state index contributed by atoms with van der Waals surface area (Å²) in [5.41, 5.74) is -2.68. The molecule has 4 heterocycles. The van der Waals surface area contributed by atoms with E-state index in [1.54, 1.807) is 55.1 Å². The third-order valence-electron chi connectivity index (χ3n) is 10.1. The van der Waals surface area contributed by atoms with Gasteiger partial charge in [-0.1, -0.05) is 11.6 Å². The van der Waals surface area contributed by atoms with Crippen LogP contribution in [0, 0.1) is 11.3 Å². The third-order valence-corrected chi connectivity index (χ3v) is 10.8. The average molecular weight is 844 g/mol. The Kier molecular flexibility index (Phi) is 12.7. The van der Waals surface area contributed by atoms with E-state index in [1.165, 1.54) is 6.07 Å². The Hall–Kier alpha value is -5.13. The fourth-order valence-corrected chi connectivity index (χ4v) is 8.02. The summed E-state index contributed by atoms with van der Waals surface area (Å²) in [6.07, 6.45) is -3.27. The lowest BCUT2D eigenvalue weighted by Gasteiger charge is -2.34. The van der Waals surface area contributed by atoms with E-state index >= 15 is 0 Å². The van der Waals surface area contributed by atoms with Gasteiger partial charge in [0, 0.05) is 66.8 Å². The number of imide groups is 1. The number of alkyl halides is 3. The molecule has 3 saturated heterocycles. The van der Waals surface area contributed by atoms with Crippen LogP contribution in [0.3, 0.4) is 0 Å². The van der Waals surface area contributed by atoms with E-state index in [-0.39, 0.29) is 30.5 Å². The predicted octanol–water partition coefficient (Wildman–Crippen LogP) is 3.82. The normalized spacial score (nSPS) is 20.2. The Morgan fingerprint density at radius 3 is 2.47 bits per heavy atom. The molecule has 2 unspecified atom stereocenters. The van der Waals surface area contributed by atoms with Crippen molar-refractivity contribution in [2.75, 3.05) is 66.3 Å². The number of carbonyl (C=O) groups is 4. The minimum Gasteiger partial charge on any atom is -0.492 e. The number of piperidine rings is 1. The highest BCUT2D eigenvalue weighted by Crippen LogP contribution is 2.43. The van der Waals surface area contributed by atoms with Gasteiger partial charge in [0.2, 0.25) is 17.7 Å². The van der Waals surface area contributed by atoms with Crippen LogP contribution >= 0.6 is 24.2 Å². The molecule has 4 amide bonds. The first-order valence-electron chi connectivity index (χ1n) is 18.3. The number of piperazine rings is 1. The standard InChI is InChI=1S/C38H41ClF3N9O6S/c1-37(2)35(56)50(27-17-28(38(40,41)42)30(18-43)44-19-27)36(58)51(37)26-3-5-31(22(13-26)21-52)57-12-11-48-7-9-49(10-8-48)20-33(54)46-25-15-23(39)14-24(16-25)45-29-4-6-32(53)47-34(29)55/h3,5,13-17,19,29,36,45,52,58H,4,6-12,20-21H2,1-2H3,(H,46,54)(H,47,53,55). The number of hydrogen-bond acceptors (Lipinski definition) is 13. The molecule has 0 saturated carbocycles. The minimum absolute atomic E-state index is 0.155. The number of aliphatic hydroxyl groups excluding tert-OH is 1. The number of rotatable bonds is 12. The molecule has 20 heteroatoms. The van der Waals surface area contributed by atoms with Crippen molar-refractivity contribution < 1.29 is 42.2 Å². The SMILES string of the molecule is CC1(C)C(=O)N(c2cnc(C#N)c(C(F)(F)F)c2)C(S)N1c1ccc(OCCN2CCN(CC(=O)Nc3cc(Cl)cc(NC4CCC(=O)NC4=O)c3)CC2)c(CO)c1. The van der Waals surface area contributed by atoms with Crippen molar-refractivity contribution in [2.24, 2.45) is 0 Å². The van der Waals surface area contributed by atoms with Crippen molar-refractivity contribution in [2.45, 2.75) is 56.6 Å². The smallest absolute Gasteiger partial charge is 0.419 e. The van der Waals surface area contributed by atoms with E-state index in [9.17, 15) is 37.5 Å². The van der Waals surface area contributed by atoms with Crippen LogP contribution in [0.15, 0.2) is 48.7 Å². The second-order valence-corrected chi connectivity index (χ2v) is 15.4. The molecule has 58 heavy (non-hydrogen) atoms. The number of anilines is 4. The first-order valence-corrected chi connectivity index (χ1v) is 19.2.